The van der Waals surface area contributed by atoms with Crippen LogP contribution in [0.3, 0.4) is 0 Å². The van der Waals surface area contributed by atoms with E-state index in [1.54, 1.807) is 18.2 Å². The van der Waals surface area contributed by atoms with Crippen LogP contribution >= 0.6 is 0 Å². The average Bonchev–Trinajstić information content (AvgIpc) is 2.76. The number of ether oxygens (including phenoxy) is 1. The van der Waals surface area contributed by atoms with Crippen LogP contribution in [0.15, 0.2) is 65.5 Å². The molecule has 0 aliphatic carbocycles. The maximum Gasteiger partial charge on any atom is 0.573 e. The molecule has 1 fully saturated rings. The summed E-state index contributed by atoms with van der Waals surface area (Å²) in [6, 6.07) is 15.6. The Morgan fingerprint density at radius 2 is 1.64 bits per heavy atom. The Bertz CT molecular complexity index is 1200. The van der Waals surface area contributed by atoms with Crippen LogP contribution in [0.4, 0.5) is 17.6 Å². The minimum atomic E-state index is -4.75. The van der Waals surface area contributed by atoms with Crippen LogP contribution in [0.2, 0.25) is 0 Å². The molecule has 5 rings (SSSR count). The number of fused-ring (bicyclic) bond motifs is 4. The zero-order valence-corrected chi connectivity index (χ0v) is 17.7. The number of piperidine rings is 1. The van der Waals surface area contributed by atoms with E-state index >= 15 is 0 Å². The molecule has 1 aromatic heterocycles. The number of rotatable bonds is 4. The van der Waals surface area contributed by atoms with Gasteiger partial charge in [-0.1, -0.05) is 24.3 Å². The second kappa shape index (κ2) is 8.33. The standard InChI is InChI=1S/C25H22F4N2O2/c26-20-5-1-16(2-6-20)12-30-13-17-11-19(15-30)23-10-9-22(24(32)31(23)14-17)18-3-7-21(8-4-18)33-25(27,28)29/h1-10,17,19H,11-15H2/t17-,19+/m0/s1. The van der Waals surface area contributed by atoms with Crippen LogP contribution in [-0.2, 0) is 13.1 Å². The van der Waals surface area contributed by atoms with E-state index in [0.29, 0.717) is 23.6 Å². The van der Waals surface area contributed by atoms with Gasteiger partial charge in [0.05, 0.1) is 0 Å². The summed E-state index contributed by atoms with van der Waals surface area (Å²) in [4.78, 5) is 15.6. The first-order chi connectivity index (χ1) is 15.7. The van der Waals surface area contributed by atoms with Crippen molar-refractivity contribution in [2.45, 2.75) is 31.8 Å². The second-order valence-corrected chi connectivity index (χ2v) is 8.78. The number of pyridine rings is 1. The van der Waals surface area contributed by atoms with Gasteiger partial charge in [0.1, 0.15) is 11.6 Å². The fourth-order valence-corrected chi connectivity index (χ4v) is 5.08. The van der Waals surface area contributed by atoms with Gasteiger partial charge in [0.15, 0.2) is 0 Å². The fraction of sp³-hybridized carbons (Fsp3) is 0.320. The van der Waals surface area contributed by atoms with E-state index in [-0.39, 0.29) is 23.0 Å². The summed E-state index contributed by atoms with van der Waals surface area (Å²) in [7, 11) is 0. The van der Waals surface area contributed by atoms with Crippen molar-refractivity contribution in [3.63, 3.8) is 0 Å². The van der Waals surface area contributed by atoms with Crippen molar-refractivity contribution in [2.75, 3.05) is 13.1 Å². The molecular weight excluding hydrogens is 436 g/mol. The van der Waals surface area contributed by atoms with Crippen LogP contribution in [-0.4, -0.2) is 28.9 Å². The van der Waals surface area contributed by atoms with Crippen molar-refractivity contribution in [2.24, 2.45) is 5.92 Å². The first-order valence-electron chi connectivity index (χ1n) is 10.8. The largest absolute Gasteiger partial charge is 0.573 e. The van der Waals surface area contributed by atoms with Gasteiger partial charge >= 0.3 is 6.36 Å². The minimum absolute atomic E-state index is 0.126. The monoisotopic (exact) mass is 458 g/mol. The summed E-state index contributed by atoms with van der Waals surface area (Å²) in [5, 5.41) is 0. The highest BCUT2D eigenvalue weighted by atomic mass is 19.4. The van der Waals surface area contributed by atoms with Gasteiger partial charge in [0, 0.05) is 43.4 Å². The summed E-state index contributed by atoms with van der Waals surface area (Å²) in [6.45, 7) is 3.01. The number of hydrogen-bond acceptors (Lipinski definition) is 3. The van der Waals surface area contributed by atoms with Crippen molar-refractivity contribution < 1.29 is 22.3 Å². The van der Waals surface area contributed by atoms with Crippen LogP contribution in [0.1, 0.15) is 23.6 Å². The predicted molar refractivity (Wildman–Crippen MR) is 115 cm³/mol. The van der Waals surface area contributed by atoms with Gasteiger partial charge in [-0.2, -0.15) is 0 Å². The molecule has 33 heavy (non-hydrogen) atoms. The van der Waals surface area contributed by atoms with E-state index in [4.69, 9.17) is 0 Å². The highest BCUT2D eigenvalue weighted by molar-refractivity contribution is 5.63. The molecule has 8 heteroatoms. The van der Waals surface area contributed by atoms with E-state index < -0.39 is 6.36 Å². The Morgan fingerprint density at radius 1 is 0.909 bits per heavy atom. The average molecular weight is 458 g/mol. The molecule has 3 aromatic rings. The molecule has 0 amide bonds. The summed E-state index contributed by atoms with van der Waals surface area (Å²) in [5.74, 6) is -0.0181. The highest BCUT2D eigenvalue weighted by Gasteiger charge is 2.35. The number of aromatic nitrogens is 1. The number of likely N-dealkylation sites (tertiary alicyclic amines) is 1. The fourth-order valence-electron chi connectivity index (χ4n) is 5.08. The molecule has 4 nitrogen and oxygen atoms in total. The summed E-state index contributed by atoms with van der Waals surface area (Å²) in [6.07, 6.45) is -3.74. The second-order valence-electron chi connectivity index (χ2n) is 8.78. The SMILES string of the molecule is O=c1c(-c2ccc(OC(F)(F)F)cc2)ccc2n1C[C@H]1C[C@@H]2CN(Cc2ccc(F)cc2)C1. The van der Waals surface area contributed by atoms with E-state index in [2.05, 4.69) is 9.64 Å². The zero-order valence-electron chi connectivity index (χ0n) is 17.7. The lowest BCUT2D eigenvalue weighted by Crippen LogP contribution is -2.46. The highest BCUT2D eigenvalue weighted by Crippen LogP contribution is 2.36. The van der Waals surface area contributed by atoms with Crippen molar-refractivity contribution in [3.05, 3.63) is 88.1 Å². The molecule has 0 saturated carbocycles. The Balaban J connectivity index is 1.36. The third-order valence-corrected chi connectivity index (χ3v) is 6.40. The molecule has 0 unspecified atom stereocenters. The topological polar surface area (TPSA) is 34.5 Å². The third kappa shape index (κ3) is 4.66. The van der Waals surface area contributed by atoms with Gasteiger partial charge in [0.25, 0.3) is 5.56 Å². The lowest BCUT2D eigenvalue weighted by Gasteiger charge is -2.43. The molecule has 2 aliphatic heterocycles. The lowest BCUT2D eigenvalue weighted by atomic mass is 9.82. The Labute approximate surface area is 188 Å². The quantitative estimate of drug-likeness (QED) is 0.506. The molecule has 172 valence electrons. The predicted octanol–water partition coefficient (Wildman–Crippen LogP) is 5.17. The first kappa shape index (κ1) is 21.7. The molecule has 2 atom stereocenters. The summed E-state index contributed by atoms with van der Waals surface area (Å²) < 4.78 is 56.1. The summed E-state index contributed by atoms with van der Waals surface area (Å²) in [5.41, 5.74) is 2.93. The molecular formula is C25H22F4N2O2. The van der Waals surface area contributed by atoms with Gasteiger partial charge in [0.2, 0.25) is 0 Å². The molecule has 2 bridgehead atoms. The molecule has 0 N–H and O–H groups in total. The first-order valence-corrected chi connectivity index (χ1v) is 10.8. The number of nitrogens with zero attached hydrogens (tertiary/aromatic N) is 2. The van der Waals surface area contributed by atoms with Crippen LogP contribution < -0.4 is 10.3 Å². The van der Waals surface area contributed by atoms with Gasteiger partial charge < -0.3 is 9.30 Å². The molecule has 2 aliphatic rings. The van der Waals surface area contributed by atoms with Crippen LogP contribution in [0.25, 0.3) is 11.1 Å². The maximum atomic E-state index is 13.3. The van der Waals surface area contributed by atoms with Gasteiger partial charge in [-0.15, -0.1) is 13.2 Å². The molecule has 2 aromatic carbocycles. The van der Waals surface area contributed by atoms with E-state index in [1.165, 1.54) is 36.4 Å². The van der Waals surface area contributed by atoms with Crippen LogP contribution in [0, 0.1) is 11.7 Å². The Hall–Kier alpha value is -3.13. The number of benzene rings is 2. The van der Waals surface area contributed by atoms with E-state index in [0.717, 1.165) is 37.3 Å². The van der Waals surface area contributed by atoms with Crippen LogP contribution in [0.5, 0.6) is 5.75 Å². The Kier molecular flexibility index (Phi) is 5.48. The van der Waals surface area contributed by atoms with Gasteiger partial charge in [-0.05, 0) is 59.9 Å². The molecule has 0 radical (unpaired) electrons. The third-order valence-electron chi connectivity index (χ3n) is 6.40. The number of halogens is 4. The Morgan fingerprint density at radius 3 is 2.33 bits per heavy atom. The van der Waals surface area contributed by atoms with Crippen molar-refractivity contribution in [1.82, 2.24) is 9.47 Å². The van der Waals surface area contributed by atoms with Crippen molar-refractivity contribution >= 4 is 0 Å². The van der Waals surface area contributed by atoms with E-state index in [9.17, 15) is 22.4 Å². The van der Waals surface area contributed by atoms with Crippen molar-refractivity contribution in [1.29, 1.82) is 0 Å². The normalized spacial score (nSPS) is 20.4. The van der Waals surface area contributed by atoms with Gasteiger partial charge in [-0.25, -0.2) is 4.39 Å². The maximum absolute atomic E-state index is 13.3. The zero-order chi connectivity index (χ0) is 23.2. The molecule has 3 heterocycles. The number of alkyl halides is 3. The smallest absolute Gasteiger partial charge is 0.406 e. The van der Waals surface area contributed by atoms with Gasteiger partial charge in [-0.3, -0.25) is 9.69 Å². The minimum Gasteiger partial charge on any atom is -0.406 e. The van der Waals surface area contributed by atoms with E-state index in [1.807, 2.05) is 10.6 Å². The van der Waals surface area contributed by atoms with Crippen molar-refractivity contribution in [3.8, 4) is 16.9 Å². The molecule has 1 saturated heterocycles. The lowest BCUT2D eigenvalue weighted by molar-refractivity contribution is -0.274. The number of hydrogen-bond donors (Lipinski definition) is 0. The summed E-state index contributed by atoms with van der Waals surface area (Å²) >= 11 is 0. The molecule has 0 spiro atoms.